The van der Waals surface area contributed by atoms with Gasteiger partial charge in [0.1, 0.15) is 11.6 Å². The molecule has 2 aromatic rings. The summed E-state index contributed by atoms with van der Waals surface area (Å²) in [5.74, 6) is 1.99. The molecular formula is C18H23N3. The van der Waals surface area contributed by atoms with Crippen molar-refractivity contribution in [3.05, 3.63) is 42.2 Å². The van der Waals surface area contributed by atoms with E-state index >= 15 is 0 Å². The Morgan fingerprint density at radius 3 is 2.24 bits per heavy atom. The van der Waals surface area contributed by atoms with Gasteiger partial charge in [-0.05, 0) is 12.8 Å². The summed E-state index contributed by atoms with van der Waals surface area (Å²) in [4.78, 5) is 9.33. The maximum atomic E-state index is 6.02. The van der Waals surface area contributed by atoms with Gasteiger partial charge in [-0.1, -0.05) is 62.4 Å². The van der Waals surface area contributed by atoms with Crippen molar-refractivity contribution in [2.45, 2.75) is 50.9 Å². The molecule has 0 aliphatic heterocycles. The molecule has 3 rings (SSSR count). The van der Waals surface area contributed by atoms with Crippen molar-refractivity contribution in [3.63, 3.8) is 0 Å². The number of hydrogen-bond acceptors (Lipinski definition) is 3. The van der Waals surface area contributed by atoms with Crippen molar-refractivity contribution in [2.75, 3.05) is 5.73 Å². The first kappa shape index (κ1) is 14.1. The molecule has 1 aromatic heterocycles. The van der Waals surface area contributed by atoms with Crippen LogP contribution in [0.1, 0.15) is 56.7 Å². The van der Waals surface area contributed by atoms with Gasteiger partial charge in [-0.15, -0.1) is 0 Å². The molecule has 1 heterocycles. The third kappa shape index (κ3) is 3.60. The molecule has 1 aliphatic carbocycles. The average molecular weight is 281 g/mol. The van der Waals surface area contributed by atoms with Crippen molar-refractivity contribution in [1.82, 2.24) is 9.97 Å². The van der Waals surface area contributed by atoms with E-state index in [1.165, 1.54) is 44.9 Å². The minimum absolute atomic E-state index is 0.469. The Hall–Kier alpha value is -1.90. The van der Waals surface area contributed by atoms with Crippen LogP contribution in [0.2, 0.25) is 0 Å². The first-order valence-corrected chi connectivity index (χ1v) is 8.03. The Bertz CT molecular complexity index is 572. The average Bonchev–Trinajstić information content (AvgIpc) is 2.47. The highest BCUT2D eigenvalue weighted by Crippen LogP contribution is 2.30. The minimum atomic E-state index is 0.469. The molecule has 1 fully saturated rings. The van der Waals surface area contributed by atoms with E-state index in [0.29, 0.717) is 11.7 Å². The predicted octanol–water partition coefficient (Wildman–Crippen LogP) is 4.55. The summed E-state index contributed by atoms with van der Waals surface area (Å²) in [7, 11) is 0. The maximum Gasteiger partial charge on any atom is 0.134 e. The molecule has 0 unspecified atom stereocenters. The van der Waals surface area contributed by atoms with E-state index in [1.54, 1.807) is 0 Å². The van der Waals surface area contributed by atoms with Crippen molar-refractivity contribution in [1.29, 1.82) is 0 Å². The lowest BCUT2D eigenvalue weighted by Crippen LogP contribution is -2.09. The summed E-state index contributed by atoms with van der Waals surface area (Å²) in [6.07, 6.45) is 9.00. The van der Waals surface area contributed by atoms with Gasteiger partial charge in [0.25, 0.3) is 0 Å². The Kier molecular flexibility index (Phi) is 4.49. The minimum Gasteiger partial charge on any atom is -0.384 e. The summed E-state index contributed by atoms with van der Waals surface area (Å²) >= 11 is 0. The molecule has 2 N–H and O–H groups in total. The number of anilines is 1. The van der Waals surface area contributed by atoms with Gasteiger partial charge >= 0.3 is 0 Å². The molecule has 110 valence electrons. The van der Waals surface area contributed by atoms with E-state index in [4.69, 9.17) is 10.7 Å². The molecule has 0 atom stereocenters. The zero-order valence-corrected chi connectivity index (χ0v) is 12.5. The number of nitrogens with zero attached hydrogens (tertiary/aromatic N) is 2. The van der Waals surface area contributed by atoms with Gasteiger partial charge in [-0.2, -0.15) is 0 Å². The highest BCUT2D eigenvalue weighted by atomic mass is 15.0. The second-order valence-corrected chi connectivity index (χ2v) is 5.94. The second kappa shape index (κ2) is 6.70. The van der Waals surface area contributed by atoms with Crippen LogP contribution in [-0.2, 0) is 0 Å². The van der Waals surface area contributed by atoms with Gasteiger partial charge in [0.2, 0.25) is 0 Å². The predicted molar refractivity (Wildman–Crippen MR) is 86.9 cm³/mol. The zero-order chi connectivity index (χ0) is 14.5. The Labute approximate surface area is 126 Å². The molecule has 21 heavy (non-hydrogen) atoms. The van der Waals surface area contributed by atoms with E-state index in [2.05, 4.69) is 17.1 Å². The number of nitrogens with two attached hydrogens (primary N) is 1. The number of nitrogen functional groups attached to an aromatic ring is 1. The van der Waals surface area contributed by atoms with E-state index in [9.17, 15) is 0 Å². The lowest BCUT2D eigenvalue weighted by molar-refractivity contribution is 0.443. The fourth-order valence-corrected chi connectivity index (χ4v) is 3.14. The molecule has 0 radical (unpaired) electrons. The van der Waals surface area contributed by atoms with Crippen LogP contribution < -0.4 is 5.73 Å². The van der Waals surface area contributed by atoms with E-state index < -0.39 is 0 Å². The standard InChI is InChI=1S/C18H23N3/c19-17-13-16(14-9-7-4-8-10-14)20-18(21-17)15-11-5-2-1-3-6-12-15/h4,7-10,13,15H,1-3,5-6,11-12H2,(H2,19,20,21). The molecule has 3 nitrogen and oxygen atoms in total. The molecule has 0 saturated heterocycles. The molecule has 1 aromatic carbocycles. The molecule has 0 bridgehead atoms. The molecule has 3 heteroatoms. The first-order chi connectivity index (χ1) is 10.3. The lowest BCUT2D eigenvalue weighted by atomic mass is 9.90. The van der Waals surface area contributed by atoms with E-state index in [1.807, 2.05) is 24.3 Å². The summed E-state index contributed by atoms with van der Waals surface area (Å²) in [6.45, 7) is 0. The third-order valence-electron chi connectivity index (χ3n) is 4.30. The van der Waals surface area contributed by atoms with Crippen LogP contribution in [0.25, 0.3) is 11.3 Å². The van der Waals surface area contributed by atoms with Crippen molar-refractivity contribution >= 4 is 5.82 Å². The summed E-state index contributed by atoms with van der Waals surface area (Å²) in [6, 6.07) is 12.1. The second-order valence-electron chi connectivity index (χ2n) is 5.94. The molecule has 1 aliphatic rings. The van der Waals surface area contributed by atoms with Gasteiger partial charge in [0.05, 0.1) is 5.69 Å². The van der Waals surface area contributed by atoms with Crippen LogP contribution in [0, 0.1) is 0 Å². The van der Waals surface area contributed by atoms with Crippen LogP contribution >= 0.6 is 0 Å². The Balaban J connectivity index is 1.89. The number of rotatable bonds is 2. The zero-order valence-electron chi connectivity index (χ0n) is 12.5. The van der Waals surface area contributed by atoms with Gasteiger partial charge in [0.15, 0.2) is 0 Å². The molecular weight excluding hydrogens is 258 g/mol. The van der Waals surface area contributed by atoms with Crippen LogP contribution in [0.3, 0.4) is 0 Å². The Morgan fingerprint density at radius 1 is 0.857 bits per heavy atom. The fourth-order valence-electron chi connectivity index (χ4n) is 3.14. The highest BCUT2D eigenvalue weighted by molar-refractivity contribution is 5.61. The number of aromatic nitrogens is 2. The quantitative estimate of drug-likeness (QED) is 0.878. The molecule has 1 saturated carbocycles. The smallest absolute Gasteiger partial charge is 0.134 e. The molecule has 0 amide bonds. The van der Waals surface area contributed by atoms with Crippen molar-refractivity contribution in [2.24, 2.45) is 0 Å². The summed E-state index contributed by atoms with van der Waals surface area (Å²) in [5.41, 5.74) is 8.08. The fraction of sp³-hybridized carbons (Fsp3) is 0.444. The maximum absolute atomic E-state index is 6.02. The van der Waals surface area contributed by atoms with Gasteiger partial charge < -0.3 is 5.73 Å². The first-order valence-electron chi connectivity index (χ1n) is 8.03. The van der Waals surface area contributed by atoms with Crippen LogP contribution in [0.5, 0.6) is 0 Å². The number of benzene rings is 1. The van der Waals surface area contributed by atoms with Crippen LogP contribution in [0.4, 0.5) is 5.82 Å². The van der Waals surface area contributed by atoms with E-state index in [0.717, 1.165) is 17.1 Å². The van der Waals surface area contributed by atoms with Crippen LogP contribution in [0.15, 0.2) is 36.4 Å². The number of hydrogen-bond donors (Lipinski definition) is 1. The van der Waals surface area contributed by atoms with Gasteiger partial charge in [0, 0.05) is 17.5 Å². The van der Waals surface area contributed by atoms with Crippen LogP contribution in [-0.4, -0.2) is 9.97 Å². The summed E-state index contributed by atoms with van der Waals surface area (Å²) < 4.78 is 0. The van der Waals surface area contributed by atoms with Gasteiger partial charge in [-0.3, -0.25) is 0 Å². The lowest BCUT2D eigenvalue weighted by Gasteiger charge is -2.19. The largest absolute Gasteiger partial charge is 0.384 e. The highest BCUT2D eigenvalue weighted by Gasteiger charge is 2.17. The monoisotopic (exact) mass is 281 g/mol. The summed E-state index contributed by atoms with van der Waals surface area (Å²) in [5, 5.41) is 0. The Morgan fingerprint density at radius 2 is 1.52 bits per heavy atom. The topological polar surface area (TPSA) is 51.8 Å². The van der Waals surface area contributed by atoms with Crippen molar-refractivity contribution in [3.8, 4) is 11.3 Å². The van der Waals surface area contributed by atoms with Crippen molar-refractivity contribution < 1.29 is 0 Å². The SMILES string of the molecule is Nc1cc(-c2ccccc2)nc(C2CCCCCCC2)n1. The normalized spacial score (nSPS) is 17.1. The third-order valence-corrected chi connectivity index (χ3v) is 4.30. The van der Waals surface area contributed by atoms with Gasteiger partial charge in [-0.25, -0.2) is 9.97 Å². The van der Waals surface area contributed by atoms with E-state index in [-0.39, 0.29) is 0 Å². The molecule has 0 spiro atoms.